The van der Waals surface area contributed by atoms with Crippen molar-refractivity contribution in [3.05, 3.63) is 27.8 Å². The highest BCUT2D eigenvalue weighted by molar-refractivity contribution is 14.1. The lowest BCUT2D eigenvalue weighted by Crippen LogP contribution is -2.32. The quantitative estimate of drug-likeness (QED) is 0.182. The van der Waals surface area contributed by atoms with Crippen LogP contribution < -0.4 is 11.1 Å². The van der Waals surface area contributed by atoms with Crippen molar-refractivity contribution in [1.29, 1.82) is 0 Å². The molecule has 0 bridgehead atoms. The molecule has 0 saturated heterocycles. The monoisotopic (exact) mass is 361 g/mol. The number of oxime groups is 1. The molecule has 0 atom stereocenters. The molecular weight excluding hydrogens is 341 g/mol. The molecule has 18 heavy (non-hydrogen) atoms. The Bertz CT molecular complexity index is 418. The second-order valence-corrected chi connectivity index (χ2v) is 6.04. The maximum Gasteiger partial charge on any atom is 0.144 e. The first kappa shape index (κ1) is 15.1. The summed E-state index contributed by atoms with van der Waals surface area (Å²) in [7, 11) is 0. The molecule has 0 aliphatic heterocycles. The average molecular weight is 361 g/mol. The smallest absolute Gasteiger partial charge is 0.144 e. The van der Waals surface area contributed by atoms with Gasteiger partial charge in [-0.3, -0.25) is 0 Å². The number of para-hydroxylation sites is 1. The topological polar surface area (TPSA) is 70.6 Å². The van der Waals surface area contributed by atoms with Gasteiger partial charge in [-0.05, 0) is 47.6 Å². The molecule has 0 radical (unpaired) electrons. The van der Waals surface area contributed by atoms with Crippen LogP contribution in [-0.4, -0.2) is 17.6 Å². The van der Waals surface area contributed by atoms with E-state index >= 15 is 0 Å². The Labute approximate surface area is 122 Å². The lowest BCUT2D eigenvalue weighted by molar-refractivity contribution is 0.305. The molecule has 0 saturated carbocycles. The van der Waals surface area contributed by atoms with Gasteiger partial charge in [-0.25, -0.2) is 0 Å². The number of benzene rings is 1. The largest absolute Gasteiger partial charge is 0.409 e. The zero-order chi connectivity index (χ0) is 13.6. The molecule has 0 aliphatic carbocycles. The summed E-state index contributed by atoms with van der Waals surface area (Å²) >= 11 is 2.31. The number of nitrogens with one attached hydrogen (secondary N) is 1. The molecule has 0 aliphatic rings. The van der Waals surface area contributed by atoms with Crippen molar-refractivity contribution in [2.45, 2.75) is 26.7 Å². The summed E-state index contributed by atoms with van der Waals surface area (Å²) in [5.74, 6) is 0.289. The first-order chi connectivity index (χ1) is 8.47. The number of halogens is 1. The van der Waals surface area contributed by atoms with Gasteiger partial charge in [0, 0.05) is 21.2 Å². The summed E-state index contributed by atoms with van der Waals surface area (Å²) in [6, 6.07) is 8.18. The lowest BCUT2D eigenvalue weighted by atomic mass is 9.86. The fraction of sp³-hybridized carbons (Fsp3) is 0.462. The molecular formula is C13H20IN3O. The molecule has 1 aromatic carbocycles. The second-order valence-electron chi connectivity index (χ2n) is 4.88. The molecule has 0 heterocycles. The molecule has 0 spiro atoms. The molecule has 4 nitrogen and oxygen atoms in total. The third-order valence-electron chi connectivity index (χ3n) is 2.97. The van der Waals surface area contributed by atoms with Gasteiger partial charge in [0.05, 0.1) is 0 Å². The third-order valence-corrected chi connectivity index (χ3v) is 3.91. The molecule has 100 valence electrons. The van der Waals surface area contributed by atoms with Gasteiger partial charge in [-0.15, -0.1) is 0 Å². The minimum absolute atomic E-state index is 0.264. The number of hydrogen-bond acceptors (Lipinski definition) is 3. The van der Waals surface area contributed by atoms with Gasteiger partial charge >= 0.3 is 0 Å². The molecule has 4 N–H and O–H groups in total. The van der Waals surface area contributed by atoms with E-state index in [-0.39, 0.29) is 11.3 Å². The van der Waals surface area contributed by atoms with Crippen LogP contribution in [0, 0.1) is 8.99 Å². The summed E-state index contributed by atoms with van der Waals surface area (Å²) in [6.07, 6.45) is 1.84. The van der Waals surface area contributed by atoms with E-state index in [0.717, 1.165) is 25.1 Å². The van der Waals surface area contributed by atoms with Crippen molar-refractivity contribution in [2.75, 3.05) is 11.9 Å². The van der Waals surface area contributed by atoms with Crippen LogP contribution in [0.2, 0.25) is 0 Å². The molecule has 1 aromatic rings. The fourth-order valence-corrected chi connectivity index (χ4v) is 2.20. The van der Waals surface area contributed by atoms with Gasteiger partial charge in [0.2, 0.25) is 0 Å². The second kappa shape index (κ2) is 6.82. The van der Waals surface area contributed by atoms with Crippen molar-refractivity contribution in [1.82, 2.24) is 0 Å². The molecule has 0 amide bonds. The Kier molecular flexibility index (Phi) is 5.71. The van der Waals surface area contributed by atoms with Crippen molar-refractivity contribution >= 4 is 34.1 Å². The molecule has 0 aromatic heterocycles. The van der Waals surface area contributed by atoms with Gasteiger partial charge in [0.15, 0.2) is 0 Å². The normalized spacial score (nSPS) is 12.5. The number of anilines is 1. The molecule has 0 unspecified atom stereocenters. The maximum atomic E-state index is 8.69. The van der Waals surface area contributed by atoms with E-state index in [4.69, 9.17) is 10.9 Å². The van der Waals surface area contributed by atoms with Crippen molar-refractivity contribution < 1.29 is 5.21 Å². The van der Waals surface area contributed by atoms with Crippen LogP contribution in [0.5, 0.6) is 0 Å². The van der Waals surface area contributed by atoms with Gasteiger partial charge in [0.25, 0.3) is 0 Å². The molecule has 5 heteroatoms. The maximum absolute atomic E-state index is 8.69. The van der Waals surface area contributed by atoms with Gasteiger partial charge in [-0.1, -0.05) is 31.1 Å². The Morgan fingerprint density at radius 3 is 2.72 bits per heavy atom. The molecule has 0 fully saturated rings. The number of amidine groups is 1. The van der Waals surface area contributed by atoms with Crippen LogP contribution >= 0.6 is 22.6 Å². The summed E-state index contributed by atoms with van der Waals surface area (Å²) < 4.78 is 1.21. The highest BCUT2D eigenvalue weighted by Crippen LogP contribution is 2.23. The Morgan fingerprint density at radius 1 is 1.44 bits per heavy atom. The Morgan fingerprint density at radius 2 is 2.11 bits per heavy atom. The highest BCUT2D eigenvalue weighted by atomic mass is 127. The minimum Gasteiger partial charge on any atom is -0.409 e. The lowest BCUT2D eigenvalue weighted by Gasteiger charge is -2.22. The van der Waals surface area contributed by atoms with Gasteiger partial charge in [-0.2, -0.15) is 0 Å². The fourth-order valence-electron chi connectivity index (χ4n) is 1.62. The first-order valence-electron chi connectivity index (χ1n) is 5.94. The van der Waals surface area contributed by atoms with E-state index in [1.807, 2.05) is 26.0 Å². The van der Waals surface area contributed by atoms with E-state index in [2.05, 4.69) is 45.2 Å². The summed E-state index contributed by atoms with van der Waals surface area (Å²) in [4.78, 5) is 0. The number of nitrogens with zero attached hydrogens (tertiary/aromatic N) is 1. The van der Waals surface area contributed by atoms with Crippen LogP contribution in [0.4, 0.5) is 5.69 Å². The zero-order valence-corrected chi connectivity index (χ0v) is 12.9. The van der Waals surface area contributed by atoms with E-state index < -0.39 is 0 Å². The average Bonchev–Trinajstić information content (AvgIpc) is 2.35. The number of nitrogens with two attached hydrogens (primary N) is 1. The summed E-state index contributed by atoms with van der Waals surface area (Å²) in [6.45, 7) is 4.84. The Hall–Kier alpha value is -0.980. The van der Waals surface area contributed by atoms with Crippen LogP contribution in [-0.2, 0) is 0 Å². The molecule has 1 rings (SSSR count). The summed E-state index contributed by atoms with van der Waals surface area (Å²) in [5, 5.41) is 15.2. The predicted octanol–water partition coefficient (Wildman–Crippen LogP) is 3.26. The SMILES string of the molecule is CC(C)(CCCNc1ccccc1I)C(N)=NO. The van der Waals surface area contributed by atoms with Crippen LogP contribution in [0.1, 0.15) is 26.7 Å². The van der Waals surface area contributed by atoms with Crippen molar-refractivity contribution in [3.8, 4) is 0 Å². The first-order valence-corrected chi connectivity index (χ1v) is 7.01. The van der Waals surface area contributed by atoms with Gasteiger partial charge in [0.1, 0.15) is 5.84 Å². The standard InChI is InChI=1S/C13H20IN3O/c1-13(2,12(15)17-18)8-5-9-16-11-7-4-3-6-10(11)14/h3-4,6-7,16,18H,5,8-9H2,1-2H3,(H2,15,17). The van der Waals surface area contributed by atoms with E-state index in [9.17, 15) is 0 Å². The number of hydrogen-bond donors (Lipinski definition) is 3. The van der Waals surface area contributed by atoms with Gasteiger partial charge < -0.3 is 16.3 Å². The summed E-state index contributed by atoms with van der Waals surface area (Å²) in [5.41, 5.74) is 6.54. The van der Waals surface area contributed by atoms with E-state index in [1.165, 1.54) is 3.57 Å². The third kappa shape index (κ3) is 4.36. The number of rotatable bonds is 6. The van der Waals surface area contributed by atoms with E-state index in [1.54, 1.807) is 0 Å². The highest BCUT2D eigenvalue weighted by Gasteiger charge is 2.22. The van der Waals surface area contributed by atoms with Crippen molar-refractivity contribution in [3.63, 3.8) is 0 Å². The van der Waals surface area contributed by atoms with Crippen LogP contribution in [0.3, 0.4) is 0 Å². The Balaban J connectivity index is 2.38. The van der Waals surface area contributed by atoms with Crippen molar-refractivity contribution in [2.24, 2.45) is 16.3 Å². The zero-order valence-electron chi connectivity index (χ0n) is 10.8. The van der Waals surface area contributed by atoms with Crippen LogP contribution in [0.15, 0.2) is 29.4 Å². The minimum atomic E-state index is -0.264. The van der Waals surface area contributed by atoms with Crippen LogP contribution in [0.25, 0.3) is 0 Å². The van der Waals surface area contributed by atoms with E-state index in [0.29, 0.717) is 0 Å². The predicted molar refractivity (Wildman–Crippen MR) is 84.1 cm³/mol.